The molecule has 25 heavy (non-hydrogen) atoms. The standard InChI is InChI=1S/C17H16N4O3S/c1-11-5-6-13(12(2)8-11)14(22)10-24-16(23)9-21-19-17(18-20-21)15-4-3-7-25-15/h3-8H,9-10H2,1-2H3. The Labute approximate surface area is 148 Å². The lowest BCUT2D eigenvalue weighted by atomic mass is 10.0. The number of esters is 1. The van der Waals surface area contributed by atoms with E-state index in [0.717, 1.165) is 20.8 Å². The molecule has 1 aromatic carbocycles. The predicted octanol–water partition coefficient (Wildman–Crippen LogP) is 2.44. The van der Waals surface area contributed by atoms with Gasteiger partial charge in [0.2, 0.25) is 11.6 Å². The number of hydrogen-bond acceptors (Lipinski definition) is 7. The van der Waals surface area contributed by atoms with Gasteiger partial charge in [-0.2, -0.15) is 4.80 Å². The lowest BCUT2D eigenvalue weighted by molar-refractivity contribution is -0.143. The zero-order valence-corrected chi connectivity index (χ0v) is 14.6. The van der Waals surface area contributed by atoms with Crippen LogP contribution in [-0.4, -0.2) is 38.6 Å². The molecule has 0 amide bonds. The number of hydrogen-bond donors (Lipinski definition) is 0. The number of Topliss-reactive ketones (excluding diaryl/α,β-unsaturated/α-hetero) is 1. The second-order valence-electron chi connectivity index (χ2n) is 5.52. The van der Waals surface area contributed by atoms with Crippen LogP contribution in [0.5, 0.6) is 0 Å². The summed E-state index contributed by atoms with van der Waals surface area (Å²) in [7, 11) is 0. The number of carbonyl (C=O) groups excluding carboxylic acids is 2. The molecule has 3 rings (SSSR count). The Balaban J connectivity index is 1.55. The molecule has 0 atom stereocenters. The monoisotopic (exact) mass is 356 g/mol. The van der Waals surface area contributed by atoms with Gasteiger partial charge in [0.15, 0.2) is 13.2 Å². The van der Waals surface area contributed by atoms with E-state index in [9.17, 15) is 9.59 Å². The first-order valence-corrected chi connectivity index (χ1v) is 8.48. The molecule has 128 valence electrons. The van der Waals surface area contributed by atoms with E-state index >= 15 is 0 Å². The summed E-state index contributed by atoms with van der Waals surface area (Å²) in [5.74, 6) is -0.376. The maximum Gasteiger partial charge on any atom is 0.330 e. The lowest BCUT2D eigenvalue weighted by Crippen LogP contribution is -2.20. The number of tetrazole rings is 1. The fourth-order valence-electron chi connectivity index (χ4n) is 2.33. The molecule has 3 aromatic rings. The van der Waals surface area contributed by atoms with Crippen molar-refractivity contribution in [2.24, 2.45) is 0 Å². The third-order valence-electron chi connectivity index (χ3n) is 3.51. The van der Waals surface area contributed by atoms with Gasteiger partial charge in [0.1, 0.15) is 0 Å². The third-order valence-corrected chi connectivity index (χ3v) is 4.38. The molecule has 0 spiro atoms. The minimum Gasteiger partial charge on any atom is -0.456 e. The van der Waals surface area contributed by atoms with Crippen molar-refractivity contribution in [1.82, 2.24) is 20.2 Å². The first-order valence-electron chi connectivity index (χ1n) is 7.60. The normalized spacial score (nSPS) is 10.6. The van der Waals surface area contributed by atoms with Crippen LogP contribution < -0.4 is 0 Å². The zero-order chi connectivity index (χ0) is 17.8. The highest BCUT2D eigenvalue weighted by atomic mass is 32.1. The van der Waals surface area contributed by atoms with Crippen molar-refractivity contribution in [3.8, 4) is 10.7 Å². The highest BCUT2D eigenvalue weighted by molar-refractivity contribution is 7.13. The average Bonchev–Trinajstić information content (AvgIpc) is 3.23. The number of benzene rings is 1. The van der Waals surface area contributed by atoms with Gasteiger partial charge in [-0.1, -0.05) is 29.8 Å². The van der Waals surface area contributed by atoms with Crippen molar-refractivity contribution in [2.45, 2.75) is 20.4 Å². The second kappa shape index (κ2) is 7.35. The molecule has 0 aliphatic rings. The summed E-state index contributed by atoms with van der Waals surface area (Å²) in [5, 5.41) is 13.7. The van der Waals surface area contributed by atoms with Crippen molar-refractivity contribution < 1.29 is 14.3 Å². The Morgan fingerprint density at radius 2 is 2.08 bits per heavy atom. The van der Waals surface area contributed by atoms with Crippen LogP contribution >= 0.6 is 11.3 Å². The van der Waals surface area contributed by atoms with Crippen molar-refractivity contribution in [2.75, 3.05) is 6.61 Å². The van der Waals surface area contributed by atoms with Crippen LogP contribution in [0.3, 0.4) is 0 Å². The van der Waals surface area contributed by atoms with E-state index in [4.69, 9.17) is 4.74 Å². The van der Waals surface area contributed by atoms with Crippen LogP contribution in [0.2, 0.25) is 0 Å². The SMILES string of the molecule is Cc1ccc(C(=O)COC(=O)Cn2nnc(-c3cccs3)n2)c(C)c1. The predicted molar refractivity (Wildman–Crippen MR) is 92.3 cm³/mol. The number of ether oxygens (including phenoxy) is 1. The molecule has 0 radical (unpaired) electrons. The van der Waals surface area contributed by atoms with Gasteiger partial charge in [-0.15, -0.1) is 21.5 Å². The Hall–Kier alpha value is -2.87. The molecule has 8 heteroatoms. The molecule has 0 unspecified atom stereocenters. The van der Waals surface area contributed by atoms with Crippen molar-refractivity contribution in [3.05, 3.63) is 52.4 Å². The van der Waals surface area contributed by atoms with Crippen LogP contribution in [0.4, 0.5) is 0 Å². The molecule has 0 bridgehead atoms. The number of aromatic nitrogens is 4. The zero-order valence-electron chi connectivity index (χ0n) is 13.8. The molecule has 0 saturated carbocycles. The molecular formula is C17H16N4O3S. The summed E-state index contributed by atoms with van der Waals surface area (Å²) in [4.78, 5) is 26.1. The molecule has 2 heterocycles. The van der Waals surface area contributed by atoms with E-state index in [1.807, 2.05) is 43.5 Å². The van der Waals surface area contributed by atoms with Gasteiger partial charge in [-0.3, -0.25) is 4.79 Å². The van der Waals surface area contributed by atoms with E-state index in [-0.39, 0.29) is 18.9 Å². The van der Waals surface area contributed by atoms with Gasteiger partial charge in [-0.25, -0.2) is 4.79 Å². The molecule has 0 fully saturated rings. The topological polar surface area (TPSA) is 87.0 Å². The highest BCUT2D eigenvalue weighted by Crippen LogP contribution is 2.19. The van der Waals surface area contributed by atoms with Crippen molar-refractivity contribution in [1.29, 1.82) is 0 Å². The Morgan fingerprint density at radius 1 is 1.24 bits per heavy atom. The minimum absolute atomic E-state index is 0.196. The van der Waals surface area contributed by atoms with Crippen LogP contribution in [0, 0.1) is 13.8 Å². The van der Waals surface area contributed by atoms with Crippen molar-refractivity contribution in [3.63, 3.8) is 0 Å². The summed E-state index contributed by atoms with van der Waals surface area (Å²) in [6.45, 7) is 3.30. The van der Waals surface area contributed by atoms with E-state index < -0.39 is 5.97 Å². The molecule has 0 N–H and O–H groups in total. The summed E-state index contributed by atoms with van der Waals surface area (Å²) in [6, 6.07) is 9.27. The number of nitrogens with zero attached hydrogens (tertiary/aromatic N) is 4. The largest absolute Gasteiger partial charge is 0.456 e. The van der Waals surface area contributed by atoms with Crippen LogP contribution in [0.1, 0.15) is 21.5 Å². The van der Waals surface area contributed by atoms with E-state index in [2.05, 4.69) is 15.4 Å². The van der Waals surface area contributed by atoms with Gasteiger partial charge in [0, 0.05) is 5.56 Å². The third kappa shape index (κ3) is 4.16. The van der Waals surface area contributed by atoms with Gasteiger partial charge in [0.25, 0.3) is 0 Å². The molecule has 2 aromatic heterocycles. The van der Waals surface area contributed by atoms with E-state index in [1.165, 1.54) is 11.3 Å². The molecular weight excluding hydrogens is 340 g/mol. The minimum atomic E-state index is -0.590. The molecule has 7 nitrogen and oxygen atoms in total. The number of carbonyl (C=O) groups is 2. The Kier molecular flexibility index (Phi) is 4.99. The first-order chi connectivity index (χ1) is 12.0. The van der Waals surface area contributed by atoms with Gasteiger partial charge < -0.3 is 4.74 Å². The lowest BCUT2D eigenvalue weighted by Gasteiger charge is -2.07. The number of thiophene rings is 1. The fraction of sp³-hybridized carbons (Fsp3) is 0.235. The molecule has 0 aliphatic carbocycles. The quantitative estimate of drug-likeness (QED) is 0.498. The summed E-state index contributed by atoms with van der Waals surface area (Å²) in [6.07, 6.45) is 0. The van der Waals surface area contributed by atoms with Crippen LogP contribution in [-0.2, 0) is 16.1 Å². The fourth-order valence-corrected chi connectivity index (χ4v) is 2.97. The van der Waals surface area contributed by atoms with Crippen LogP contribution in [0.15, 0.2) is 35.7 Å². The van der Waals surface area contributed by atoms with Gasteiger partial charge in [-0.05, 0) is 36.1 Å². The summed E-state index contributed by atoms with van der Waals surface area (Å²) < 4.78 is 5.03. The second-order valence-corrected chi connectivity index (χ2v) is 6.47. The number of ketones is 1. The summed E-state index contributed by atoms with van der Waals surface area (Å²) in [5.41, 5.74) is 2.49. The van der Waals surface area contributed by atoms with Crippen LogP contribution in [0.25, 0.3) is 10.7 Å². The smallest absolute Gasteiger partial charge is 0.330 e. The first kappa shape index (κ1) is 17.0. The van der Waals surface area contributed by atoms with Gasteiger partial charge >= 0.3 is 5.97 Å². The van der Waals surface area contributed by atoms with Gasteiger partial charge in [0.05, 0.1) is 4.88 Å². The Morgan fingerprint density at radius 3 is 2.80 bits per heavy atom. The Bertz CT molecular complexity index is 903. The van der Waals surface area contributed by atoms with Crippen molar-refractivity contribution >= 4 is 23.1 Å². The molecule has 0 saturated heterocycles. The maximum absolute atomic E-state index is 12.2. The number of aryl methyl sites for hydroxylation is 2. The molecule has 0 aliphatic heterocycles. The van der Waals surface area contributed by atoms with E-state index in [1.54, 1.807) is 6.07 Å². The number of rotatable bonds is 6. The average molecular weight is 356 g/mol. The highest BCUT2D eigenvalue weighted by Gasteiger charge is 2.14. The maximum atomic E-state index is 12.2. The van der Waals surface area contributed by atoms with E-state index in [0.29, 0.717) is 11.4 Å². The summed E-state index contributed by atoms with van der Waals surface area (Å²) >= 11 is 1.48.